The number of benzene rings is 1. The molecular formula is C13H8Cl3N5O3S. The molecule has 0 saturated carbocycles. The van der Waals surface area contributed by atoms with Crippen LogP contribution in [0.4, 0.5) is 11.8 Å². The number of nitrogens with one attached hydrogen (secondary N) is 1. The lowest BCUT2D eigenvalue weighted by Crippen LogP contribution is -2.16. The fraction of sp³-hybridized carbons (Fsp3) is 0. The molecule has 8 nitrogen and oxygen atoms in total. The first-order chi connectivity index (χ1) is 11.8. The van der Waals surface area contributed by atoms with E-state index in [0.717, 1.165) is 0 Å². The van der Waals surface area contributed by atoms with Gasteiger partial charge in [-0.05, 0) is 12.1 Å². The van der Waals surface area contributed by atoms with Crippen molar-refractivity contribution in [2.75, 3.05) is 10.5 Å². The van der Waals surface area contributed by atoms with Crippen LogP contribution in [0.3, 0.4) is 0 Å². The fourth-order valence-electron chi connectivity index (χ4n) is 1.89. The molecule has 0 amide bonds. The first-order valence-electron chi connectivity index (χ1n) is 6.48. The Morgan fingerprint density at radius 3 is 2.60 bits per heavy atom. The van der Waals surface area contributed by atoms with Crippen molar-refractivity contribution in [1.29, 1.82) is 0 Å². The maximum atomic E-state index is 12.6. The van der Waals surface area contributed by atoms with E-state index in [4.69, 9.17) is 45.0 Å². The van der Waals surface area contributed by atoms with E-state index in [1.54, 1.807) is 0 Å². The zero-order valence-corrected chi connectivity index (χ0v) is 15.2. The van der Waals surface area contributed by atoms with E-state index in [2.05, 4.69) is 19.7 Å². The summed E-state index contributed by atoms with van der Waals surface area (Å²) >= 11 is 17.7. The number of hydrogen-bond donors (Lipinski definition) is 2. The summed E-state index contributed by atoms with van der Waals surface area (Å²) in [6.07, 6.45) is 2.37. The SMILES string of the molecule is Nc1nc(-c2nc(Cl)cnc2NS(=O)(=O)c2cccc(Cl)c2Cl)co1. The zero-order valence-electron chi connectivity index (χ0n) is 12.1. The maximum absolute atomic E-state index is 12.6. The minimum Gasteiger partial charge on any atom is -0.432 e. The molecule has 0 aliphatic rings. The fourth-order valence-corrected chi connectivity index (χ4v) is 3.80. The number of oxazole rings is 1. The van der Waals surface area contributed by atoms with Crippen LogP contribution >= 0.6 is 34.8 Å². The summed E-state index contributed by atoms with van der Waals surface area (Å²) < 4.78 is 32.4. The summed E-state index contributed by atoms with van der Waals surface area (Å²) in [6.45, 7) is 0. The summed E-state index contributed by atoms with van der Waals surface area (Å²) in [6, 6.07) is 4.10. The van der Waals surface area contributed by atoms with Gasteiger partial charge in [0, 0.05) is 0 Å². The molecule has 130 valence electrons. The van der Waals surface area contributed by atoms with Gasteiger partial charge >= 0.3 is 0 Å². The lowest BCUT2D eigenvalue weighted by Gasteiger charge is -2.11. The van der Waals surface area contributed by atoms with Gasteiger partial charge < -0.3 is 10.2 Å². The summed E-state index contributed by atoms with van der Waals surface area (Å²) in [7, 11) is -4.10. The lowest BCUT2D eigenvalue weighted by molar-refractivity contribution is 0.581. The molecule has 0 fully saturated rings. The third-order valence-electron chi connectivity index (χ3n) is 2.94. The largest absolute Gasteiger partial charge is 0.432 e. The van der Waals surface area contributed by atoms with Gasteiger partial charge in [0.2, 0.25) is 0 Å². The number of nitrogen functional groups attached to an aromatic ring is 1. The number of sulfonamides is 1. The van der Waals surface area contributed by atoms with Gasteiger partial charge in [0.1, 0.15) is 27.7 Å². The number of rotatable bonds is 4. The third kappa shape index (κ3) is 3.64. The number of aromatic nitrogens is 3. The Hall–Kier alpha value is -2.07. The van der Waals surface area contributed by atoms with Crippen LogP contribution in [0, 0.1) is 0 Å². The van der Waals surface area contributed by atoms with Crippen molar-refractivity contribution in [2.24, 2.45) is 0 Å². The quantitative estimate of drug-likeness (QED) is 0.662. The molecule has 2 heterocycles. The minimum atomic E-state index is -4.10. The molecule has 0 aliphatic heterocycles. The van der Waals surface area contributed by atoms with Crippen molar-refractivity contribution < 1.29 is 12.8 Å². The van der Waals surface area contributed by atoms with E-state index < -0.39 is 10.0 Å². The van der Waals surface area contributed by atoms with Crippen LogP contribution in [0.2, 0.25) is 15.2 Å². The van der Waals surface area contributed by atoms with E-state index in [-0.39, 0.29) is 43.3 Å². The number of anilines is 2. The van der Waals surface area contributed by atoms with Crippen LogP contribution in [0.15, 0.2) is 40.0 Å². The smallest absolute Gasteiger partial charge is 0.292 e. The van der Waals surface area contributed by atoms with Crippen molar-refractivity contribution >= 4 is 56.7 Å². The molecular weight excluding hydrogens is 413 g/mol. The zero-order chi connectivity index (χ0) is 18.2. The highest BCUT2D eigenvalue weighted by atomic mass is 35.5. The molecule has 0 spiro atoms. The molecule has 0 aliphatic carbocycles. The number of nitrogens with zero attached hydrogens (tertiary/aromatic N) is 3. The van der Waals surface area contributed by atoms with E-state index in [9.17, 15) is 8.42 Å². The van der Waals surface area contributed by atoms with Crippen LogP contribution in [-0.2, 0) is 10.0 Å². The Labute approximate surface area is 157 Å². The molecule has 25 heavy (non-hydrogen) atoms. The minimum absolute atomic E-state index is 0.0281. The first kappa shape index (κ1) is 17.7. The van der Waals surface area contributed by atoms with Crippen LogP contribution in [0.1, 0.15) is 0 Å². The monoisotopic (exact) mass is 419 g/mol. The second-order valence-electron chi connectivity index (χ2n) is 4.62. The molecule has 3 N–H and O–H groups in total. The Balaban J connectivity index is 2.07. The topological polar surface area (TPSA) is 124 Å². The third-order valence-corrected chi connectivity index (χ3v) is 5.44. The molecule has 3 aromatic rings. The molecule has 0 unspecified atom stereocenters. The van der Waals surface area contributed by atoms with Crippen LogP contribution < -0.4 is 10.5 Å². The summed E-state index contributed by atoms with van der Waals surface area (Å²) in [4.78, 5) is 11.6. The molecule has 3 rings (SSSR count). The van der Waals surface area contributed by atoms with Crippen molar-refractivity contribution in [3.8, 4) is 11.4 Å². The first-order valence-corrected chi connectivity index (χ1v) is 9.10. The van der Waals surface area contributed by atoms with Crippen LogP contribution in [0.25, 0.3) is 11.4 Å². The van der Waals surface area contributed by atoms with Crippen molar-refractivity contribution in [3.63, 3.8) is 0 Å². The summed E-state index contributed by atoms with van der Waals surface area (Å²) in [5.74, 6) is -0.131. The van der Waals surface area contributed by atoms with E-state index in [0.29, 0.717) is 0 Å². The maximum Gasteiger partial charge on any atom is 0.292 e. The van der Waals surface area contributed by atoms with Gasteiger partial charge in [0.15, 0.2) is 5.82 Å². The van der Waals surface area contributed by atoms with Crippen molar-refractivity contribution in [3.05, 3.63) is 45.9 Å². The molecule has 12 heteroatoms. The summed E-state index contributed by atoms with van der Waals surface area (Å²) in [5.41, 5.74) is 5.62. The highest BCUT2D eigenvalue weighted by molar-refractivity contribution is 7.92. The number of hydrogen-bond acceptors (Lipinski definition) is 7. The van der Waals surface area contributed by atoms with Crippen molar-refractivity contribution in [2.45, 2.75) is 4.90 Å². The predicted molar refractivity (Wildman–Crippen MR) is 94.2 cm³/mol. The molecule has 0 bridgehead atoms. The Morgan fingerprint density at radius 2 is 1.92 bits per heavy atom. The standard InChI is InChI=1S/C13H8Cl3N5O3S/c14-6-2-1-3-8(10(6)16)25(22,23)21-12-11(20-9(15)4-18-12)7-5-24-13(17)19-7/h1-5H,(H2,17,19)(H,18,21). The summed E-state index contributed by atoms with van der Waals surface area (Å²) in [5, 5.41) is 0.00218. The van der Waals surface area contributed by atoms with Gasteiger partial charge in [0.05, 0.1) is 16.2 Å². The average molecular weight is 421 g/mol. The Morgan fingerprint density at radius 1 is 1.16 bits per heavy atom. The number of halogens is 3. The highest BCUT2D eigenvalue weighted by Crippen LogP contribution is 2.32. The van der Waals surface area contributed by atoms with Gasteiger partial charge in [-0.25, -0.2) is 18.4 Å². The average Bonchev–Trinajstić information content (AvgIpc) is 2.97. The molecule has 0 saturated heterocycles. The second kappa shape index (κ2) is 6.68. The molecule has 0 radical (unpaired) electrons. The van der Waals surface area contributed by atoms with Gasteiger partial charge in [0.25, 0.3) is 16.0 Å². The molecule has 0 atom stereocenters. The van der Waals surface area contributed by atoms with Gasteiger partial charge in [-0.1, -0.05) is 40.9 Å². The van der Waals surface area contributed by atoms with Gasteiger partial charge in [-0.3, -0.25) is 4.72 Å². The van der Waals surface area contributed by atoms with E-state index in [1.807, 2.05) is 0 Å². The number of nitrogens with two attached hydrogens (primary N) is 1. The second-order valence-corrected chi connectivity index (χ2v) is 7.44. The highest BCUT2D eigenvalue weighted by Gasteiger charge is 2.23. The Bertz CT molecular complexity index is 1050. The van der Waals surface area contributed by atoms with E-state index >= 15 is 0 Å². The predicted octanol–water partition coefficient (Wildman–Crippen LogP) is 3.47. The van der Waals surface area contributed by atoms with Gasteiger partial charge in [-0.2, -0.15) is 4.98 Å². The lowest BCUT2D eigenvalue weighted by atomic mass is 10.3. The Kier molecular flexibility index (Phi) is 4.74. The van der Waals surface area contributed by atoms with E-state index in [1.165, 1.54) is 30.7 Å². The van der Waals surface area contributed by atoms with Crippen LogP contribution in [-0.4, -0.2) is 23.4 Å². The van der Waals surface area contributed by atoms with Crippen molar-refractivity contribution in [1.82, 2.24) is 15.0 Å². The normalized spacial score (nSPS) is 11.5. The van der Waals surface area contributed by atoms with Gasteiger partial charge in [-0.15, -0.1) is 0 Å². The molecule has 1 aromatic carbocycles. The van der Waals surface area contributed by atoms with Crippen LogP contribution in [0.5, 0.6) is 0 Å². The molecule has 2 aromatic heterocycles.